The number of urea groups is 1. The predicted octanol–water partition coefficient (Wildman–Crippen LogP) is 3.78. The van der Waals surface area contributed by atoms with Crippen LogP contribution in [0, 0.1) is 35.5 Å². The molecule has 2 aliphatic heterocycles. The van der Waals surface area contributed by atoms with Crippen LogP contribution in [0.25, 0.3) is 0 Å². The molecule has 111 heavy (non-hydrogen) atoms. The van der Waals surface area contributed by atoms with E-state index in [2.05, 4.69) is 38.5 Å². The van der Waals surface area contributed by atoms with Crippen molar-refractivity contribution in [3.05, 3.63) is 90.2 Å². The molecule has 1 saturated heterocycles. The van der Waals surface area contributed by atoms with Gasteiger partial charge < -0.3 is 71.3 Å². The van der Waals surface area contributed by atoms with Gasteiger partial charge in [-0.1, -0.05) is 111 Å². The third-order valence-electron chi connectivity index (χ3n) is 18.9. The van der Waals surface area contributed by atoms with E-state index in [-0.39, 0.29) is 63.9 Å². The summed E-state index contributed by atoms with van der Waals surface area (Å²) in [4.78, 5) is 224. The lowest BCUT2D eigenvalue weighted by molar-refractivity contribution is -0.177. The Morgan fingerprint density at radius 3 is 1.92 bits per heavy atom. The number of cyclic esters (lactones) is 2. The molecular formula is C76H109N11O23P+. The Kier molecular flexibility index (Phi) is 37.0. The number of likely N-dealkylation sites (N-methyl/N-ethyl adjacent to an activating group) is 3. The minimum atomic E-state index is -3.16. The van der Waals surface area contributed by atoms with Crippen molar-refractivity contribution < 1.29 is 109 Å². The second kappa shape index (κ2) is 44.0. The Bertz CT molecular complexity index is 3740. The number of anilines is 1. The third kappa shape index (κ3) is 27.7. The summed E-state index contributed by atoms with van der Waals surface area (Å²) < 4.78 is 49.7. The van der Waals surface area contributed by atoms with Crippen molar-refractivity contribution in [1.29, 1.82) is 0 Å². The van der Waals surface area contributed by atoms with E-state index in [4.69, 9.17) is 33.7 Å². The Morgan fingerprint density at radius 1 is 0.748 bits per heavy atom. The van der Waals surface area contributed by atoms with Crippen LogP contribution in [0.1, 0.15) is 140 Å². The zero-order chi connectivity index (χ0) is 83.6. The van der Waals surface area contributed by atoms with Crippen LogP contribution in [0.3, 0.4) is 0 Å². The normalized spacial score (nSPS) is 21.3. The second-order valence-corrected chi connectivity index (χ2v) is 29.7. The molecule has 2 aromatic carbocycles. The van der Waals surface area contributed by atoms with Crippen molar-refractivity contribution in [2.75, 3.05) is 46.7 Å². The van der Waals surface area contributed by atoms with E-state index < -0.39 is 217 Å². The molecule has 34 nitrogen and oxygen atoms in total. The number of primary amides is 1. The van der Waals surface area contributed by atoms with Gasteiger partial charge in [0.2, 0.25) is 35.4 Å². The molecule has 35 heteroatoms. The van der Waals surface area contributed by atoms with Crippen molar-refractivity contribution >= 4 is 109 Å². The topological polar surface area (TPSA) is 457 Å². The standard InChI is InChI=1S/C76H108N11O23P/c1-19-53(89)38-54(64(41(4)5)110-111(104)106-39-50-27-29-52(30-28-50)81-69(96)51(26-23-34-78-76(77)103)37-55(90)60(40(2)3)82-57(91)33-35-87-58(92)31-32-59(87)93)73(100)108-65(42(6)7)61-72(99)86(17)63(47(13)105-18)75(102)109-66(43(8)9)62(80-48(14)88)74(101)107-56(36-49-24-21-20-22-25-49)71(98)85(16)45(11)67(94)79-44(10)70(97)84(15)46(12)68(95)83-61/h20-22,24-25,27-32,40-44,46-47,51,54,56,60-66H,11,19,23,26,33-39H2,1-10,12-18H3,(H7-,77,78,79,80,81,82,83,88,91,94,95,96,103)/p+1/t44-,46-,47+,51+,54-,56+,60-,61-,62-,63-,64+,65+,66+/m0/s1. The number of imide groups is 1. The number of carbonyl (C=O) groups is 16. The molecular weight excluding hydrogens is 1470 g/mol. The van der Waals surface area contributed by atoms with Gasteiger partial charge in [0.15, 0.2) is 24.0 Å². The maximum absolute atomic E-state index is 15.7. The molecule has 8 N–H and O–H groups in total. The molecule has 2 aromatic rings. The van der Waals surface area contributed by atoms with Crippen molar-refractivity contribution in [2.24, 2.45) is 41.2 Å². The molecule has 14 atom stereocenters. The van der Waals surface area contributed by atoms with Gasteiger partial charge in [-0.15, -0.1) is 9.05 Å². The number of esters is 3. The van der Waals surface area contributed by atoms with E-state index in [0.717, 1.165) is 45.7 Å². The molecule has 610 valence electrons. The first-order valence-electron chi connectivity index (χ1n) is 36.7. The van der Waals surface area contributed by atoms with Gasteiger partial charge in [0.05, 0.1) is 18.1 Å². The minimum Gasteiger partial charge on any atom is -0.459 e. The van der Waals surface area contributed by atoms with Gasteiger partial charge in [0.1, 0.15) is 54.5 Å². The monoisotopic (exact) mass is 1570 g/mol. The van der Waals surface area contributed by atoms with E-state index in [1.165, 1.54) is 87.0 Å². The summed E-state index contributed by atoms with van der Waals surface area (Å²) in [5.41, 5.74) is 5.88. The quantitative estimate of drug-likeness (QED) is 0.0131. The molecule has 12 amide bonds. The number of ether oxygens (including phenoxy) is 4. The number of Topliss-reactive ketones (excluding diaryl/α,β-unsaturated/α-hetero) is 2. The summed E-state index contributed by atoms with van der Waals surface area (Å²) in [6.45, 7) is 22.5. The van der Waals surface area contributed by atoms with Crippen LogP contribution < -0.4 is 37.6 Å². The van der Waals surface area contributed by atoms with Gasteiger partial charge in [-0.2, -0.15) is 0 Å². The highest BCUT2D eigenvalue weighted by Crippen LogP contribution is 2.36. The molecule has 0 aromatic heterocycles. The van der Waals surface area contributed by atoms with Crippen LogP contribution in [0.5, 0.6) is 0 Å². The predicted molar refractivity (Wildman–Crippen MR) is 402 cm³/mol. The van der Waals surface area contributed by atoms with Crippen molar-refractivity contribution in [1.82, 2.24) is 46.2 Å². The first-order chi connectivity index (χ1) is 52.0. The fourth-order valence-corrected chi connectivity index (χ4v) is 13.0. The number of hydrogen-bond donors (Lipinski definition) is 7. The molecule has 0 radical (unpaired) electrons. The number of amides is 12. The van der Waals surface area contributed by atoms with Gasteiger partial charge in [-0.3, -0.25) is 67.2 Å². The van der Waals surface area contributed by atoms with Crippen LogP contribution in [0.2, 0.25) is 0 Å². The summed E-state index contributed by atoms with van der Waals surface area (Å²) in [6.07, 6.45) is -6.91. The average Bonchev–Trinajstić information content (AvgIpc) is 1.48. The van der Waals surface area contributed by atoms with E-state index in [0.29, 0.717) is 11.1 Å². The Balaban J connectivity index is 1.70. The highest BCUT2D eigenvalue weighted by atomic mass is 31.1. The number of carbonyl (C=O) groups excluding carboxylic acids is 16. The van der Waals surface area contributed by atoms with Gasteiger partial charge in [-0.05, 0) is 80.5 Å². The van der Waals surface area contributed by atoms with Gasteiger partial charge >= 0.3 is 32.2 Å². The lowest BCUT2D eigenvalue weighted by Crippen LogP contribution is -2.63. The number of methoxy groups -OCH3 is 1. The number of hydrogen-bond acceptors (Lipinski definition) is 23. The first-order valence-corrected chi connectivity index (χ1v) is 37.8. The molecule has 4 rings (SSSR count). The van der Waals surface area contributed by atoms with Crippen molar-refractivity contribution in [3.8, 4) is 0 Å². The summed E-state index contributed by atoms with van der Waals surface area (Å²) in [5.74, 6) is -18.4. The van der Waals surface area contributed by atoms with E-state index >= 15 is 14.4 Å². The molecule has 0 spiro atoms. The zero-order valence-corrected chi connectivity index (χ0v) is 67.0. The fourth-order valence-electron chi connectivity index (χ4n) is 12.1. The highest BCUT2D eigenvalue weighted by Gasteiger charge is 2.49. The number of nitrogens with two attached hydrogens (primary N) is 1. The lowest BCUT2D eigenvalue weighted by atomic mass is 9.88. The molecule has 2 aliphatic rings. The number of rotatable bonds is 34. The summed E-state index contributed by atoms with van der Waals surface area (Å²) in [5, 5.41) is 15.4. The molecule has 0 bridgehead atoms. The van der Waals surface area contributed by atoms with Crippen molar-refractivity contribution in [2.45, 2.75) is 208 Å². The van der Waals surface area contributed by atoms with Gasteiger partial charge in [0, 0.05) is 109 Å². The van der Waals surface area contributed by atoms with Gasteiger partial charge in [-0.25, -0.2) is 14.4 Å². The van der Waals surface area contributed by atoms with Gasteiger partial charge in [0.25, 0.3) is 23.6 Å². The first kappa shape index (κ1) is 93.2. The second-order valence-electron chi connectivity index (χ2n) is 28.8. The van der Waals surface area contributed by atoms with Crippen LogP contribution in [-0.4, -0.2) is 222 Å². The highest BCUT2D eigenvalue weighted by molar-refractivity contribution is 7.33. The summed E-state index contributed by atoms with van der Waals surface area (Å²) in [7, 11) is 1.59. The molecule has 1 fully saturated rings. The Hall–Kier alpha value is -10.2. The average molecular weight is 1580 g/mol. The SMILES string of the molecule is C=C1C(=O)N[C@@H](C)C(=O)N(C)[C@@H](C)C(=O)N[C@@H]([C@H](OC(=O)[C@@H](CC(=O)CC)[C@H](O[P+](=O)OCc2ccc(NC(=O)[C@H](CCCNC(N)=O)CC(=O)[C@@H](NC(=O)CCN3C(=O)C=CC3=O)C(C)C)cc2)C(C)C)C(C)C)C(=O)N(C)[C@@H]([C@@H](C)OC)C(=O)O[C@H](C(C)C)[C@H](NC(C)=O)C(=O)O[C@H](Cc2ccccc2)C(=O)N1C. The number of benzene rings is 2. The van der Waals surface area contributed by atoms with Crippen LogP contribution in [0.15, 0.2) is 79.0 Å². The maximum atomic E-state index is 15.7. The van der Waals surface area contributed by atoms with Crippen molar-refractivity contribution in [3.63, 3.8) is 0 Å². The van der Waals surface area contributed by atoms with E-state index in [1.807, 2.05) is 0 Å². The summed E-state index contributed by atoms with van der Waals surface area (Å²) in [6, 6.07) is 3.88. The van der Waals surface area contributed by atoms with Crippen LogP contribution in [-0.2, 0) is 118 Å². The minimum absolute atomic E-state index is 0.0755. The Morgan fingerprint density at radius 2 is 1.37 bits per heavy atom. The molecule has 0 aliphatic carbocycles. The van der Waals surface area contributed by atoms with Crippen LogP contribution >= 0.6 is 8.25 Å². The Labute approximate surface area is 647 Å². The van der Waals surface area contributed by atoms with E-state index in [1.54, 1.807) is 71.9 Å². The zero-order valence-electron chi connectivity index (χ0n) is 66.1. The number of ketones is 2. The molecule has 0 saturated carbocycles. The van der Waals surface area contributed by atoms with E-state index in [9.17, 15) is 66.9 Å². The summed E-state index contributed by atoms with van der Waals surface area (Å²) >= 11 is 0. The lowest BCUT2D eigenvalue weighted by Gasteiger charge is -2.39. The smallest absolute Gasteiger partial charge is 0.459 e. The third-order valence-corrected chi connectivity index (χ3v) is 19.7. The maximum Gasteiger partial charge on any atom is 0.698 e. The molecule has 1 unspecified atom stereocenters. The number of nitrogens with one attached hydrogen (secondary N) is 6. The molecule has 2 heterocycles. The van der Waals surface area contributed by atoms with Crippen LogP contribution in [0.4, 0.5) is 10.5 Å². The number of nitrogens with zero attached hydrogens (tertiary/aromatic N) is 4. The fraction of sp³-hybridized carbons (Fsp3) is 0.579. The largest absolute Gasteiger partial charge is 0.698 e.